The molecule has 0 bridgehead atoms. The Morgan fingerprint density at radius 3 is 2.67 bits per heavy atom. The first kappa shape index (κ1) is 13.1. The van der Waals surface area contributed by atoms with Gasteiger partial charge >= 0.3 is 0 Å². The standard InChI is InChI=1S/C13H17N3OS/c1-4-11-10(5-8(2)15-16-11)12(17)6-13-14-9(3)7-18-13/h5,7,12,17H,4,6H2,1-3H3. The maximum absolute atomic E-state index is 10.3. The minimum absolute atomic E-state index is 0.538. The van der Waals surface area contributed by atoms with Crippen LogP contribution in [-0.2, 0) is 12.8 Å². The second-order valence-electron chi connectivity index (χ2n) is 4.34. The zero-order valence-corrected chi connectivity index (χ0v) is 11.7. The summed E-state index contributed by atoms with van der Waals surface area (Å²) in [7, 11) is 0. The Morgan fingerprint density at radius 2 is 2.06 bits per heavy atom. The van der Waals surface area contributed by atoms with E-state index in [2.05, 4.69) is 15.2 Å². The predicted octanol–water partition coefficient (Wildman–Crippen LogP) is 2.39. The van der Waals surface area contributed by atoms with Crippen molar-refractivity contribution in [1.82, 2.24) is 15.2 Å². The summed E-state index contributed by atoms with van der Waals surface area (Å²) in [5.74, 6) is 0. The Morgan fingerprint density at radius 1 is 1.28 bits per heavy atom. The van der Waals surface area contributed by atoms with E-state index in [0.717, 1.165) is 34.1 Å². The number of aryl methyl sites for hydroxylation is 3. The third-order valence-corrected chi connectivity index (χ3v) is 3.74. The predicted molar refractivity (Wildman–Crippen MR) is 71.7 cm³/mol. The van der Waals surface area contributed by atoms with E-state index in [4.69, 9.17) is 0 Å². The summed E-state index contributed by atoms with van der Waals surface area (Å²) in [6.07, 6.45) is 0.757. The first-order chi connectivity index (χ1) is 8.60. The normalized spacial score (nSPS) is 12.7. The summed E-state index contributed by atoms with van der Waals surface area (Å²) >= 11 is 1.58. The van der Waals surface area contributed by atoms with Gasteiger partial charge in [0.05, 0.1) is 22.5 Å². The largest absolute Gasteiger partial charge is 0.388 e. The van der Waals surface area contributed by atoms with Gasteiger partial charge in [0.15, 0.2) is 0 Å². The second kappa shape index (κ2) is 5.54. The lowest BCUT2D eigenvalue weighted by molar-refractivity contribution is 0.176. The van der Waals surface area contributed by atoms with Crippen LogP contribution >= 0.6 is 11.3 Å². The van der Waals surface area contributed by atoms with Crippen molar-refractivity contribution in [3.8, 4) is 0 Å². The highest BCUT2D eigenvalue weighted by atomic mass is 32.1. The number of aliphatic hydroxyl groups excluding tert-OH is 1. The van der Waals surface area contributed by atoms with E-state index in [1.54, 1.807) is 11.3 Å². The molecule has 0 radical (unpaired) electrons. The zero-order chi connectivity index (χ0) is 13.1. The van der Waals surface area contributed by atoms with Gasteiger partial charge in [-0.15, -0.1) is 11.3 Å². The fourth-order valence-electron chi connectivity index (χ4n) is 1.87. The second-order valence-corrected chi connectivity index (χ2v) is 5.29. The topological polar surface area (TPSA) is 58.9 Å². The van der Waals surface area contributed by atoms with Crippen molar-refractivity contribution in [3.63, 3.8) is 0 Å². The molecule has 0 aliphatic rings. The van der Waals surface area contributed by atoms with Crippen molar-refractivity contribution < 1.29 is 5.11 Å². The van der Waals surface area contributed by atoms with Crippen molar-refractivity contribution in [2.75, 3.05) is 0 Å². The number of thiazole rings is 1. The van der Waals surface area contributed by atoms with Crippen LogP contribution in [0.1, 0.15) is 40.7 Å². The monoisotopic (exact) mass is 263 g/mol. The van der Waals surface area contributed by atoms with Gasteiger partial charge in [-0.05, 0) is 26.3 Å². The molecule has 0 aliphatic carbocycles. The Labute approximate surface area is 111 Å². The lowest BCUT2D eigenvalue weighted by Gasteiger charge is -2.13. The zero-order valence-electron chi connectivity index (χ0n) is 10.8. The van der Waals surface area contributed by atoms with Gasteiger partial charge in [-0.3, -0.25) is 0 Å². The van der Waals surface area contributed by atoms with Gasteiger partial charge in [-0.25, -0.2) is 4.98 Å². The van der Waals surface area contributed by atoms with Gasteiger partial charge in [-0.2, -0.15) is 10.2 Å². The minimum Gasteiger partial charge on any atom is -0.388 e. The Bertz CT molecular complexity index is 539. The van der Waals surface area contributed by atoms with E-state index >= 15 is 0 Å². The van der Waals surface area contributed by atoms with E-state index in [1.165, 1.54) is 0 Å². The average molecular weight is 263 g/mol. The molecule has 2 aromatic rings. The quantitative estimate of drug-likeness (QED) is 0.920. The first-order valence-electron chi connectivity index (χ1n) is 6.02. The number of rotatable bonds is 4. The fourth-order valence-corrected chi connectivity index (χ4v) is 2.68. The molecule has 2 aromatic heterocycles. The Kier molecular flexibility index (Phi) is 4.04. The summed E-state index contributed by atoms with van der Waals surface area (Å²) in [4.78, 5) is 4.38. The van der Waals surface area contributed by atoms with Crippen LogP contribution in [0.15, 0.2) is 11.4 Å². The van der Waals surface area contributed by atoms with Crippen LogP contribution in [0.5, 0.6) is 0 Å². The third kappa shape index (κ3) is 2.91. The maximum atomic E-state index is 10.3. The van der Waals surface area contributed by atoms with Gasteiger partial charge in [0.25, 0.3) is 0 Å². The molecule has 0 fully saturated rings. The van der Waals surface area contributed by atoms with Crippen LogP contribution in [0.3, 0.4) is 0 Å². The average Bonchev–Trinajstić information content (AvgIpc) is 2.74. The molecule has 0 amide bonds. The summed E-state index contributed by atoms with van der Waals surface area (Å²) in [6, 6.07) is 1.91. The first-order valence-corrected chi connectivity index (χ1v) is 6.90. The number of hydrogen-bond acceptors (Lipinski definition) is 5. The molecule has 2 rings (SSSR count). The molecule has 0 spiro atoms. The van der Waals surface area contributed by atoms with Crippen LogP contribution in [0.25, 0.3) is 0 Å². The fraction of sp³-hybridized carbons (Fsp3) is 0.462. The van der Waals surface area contributed by atoms with E-state index < -0.39 is 6.10 Å². The molecule has 2 heterocycles. The van der Waals surface area contributed by atoms with Gasteiger partial charge in [0.2, 0.25) is 0 Å². The van der Waals surface area contributed by atoms with E-state index in [9.17, 15) is 5.11 Å². The van der Waals surface area contributed by atoms with Crippen molar-refractivity contribution in [2.24, 2.45) is 0 Å². The molecule has 96 valence electrons. The number of aliphatic hydroxyl groups is 1. The number of hydrogen-bond donors (Lipinski definition) is 1. The Hall–Kier alpha value is -1.33. The van der Waals surface area contributed by atoms with Crippen LogP contribution in [0.2, 0.25) is 0 Å². The molecule has 5 heteroatoms. The van der Waals surface area contributed by atoms with E-state index in [-0.39, 0.29) is 0 Å². The van der Waals surface area contributed by atoms with Crippen LogP contribution in [0, 0.1) is 13.8 Å². The van der Waals surface area contributed by atoms with Crippen molar-refractivity contribution >= 4 is 11.3 Å². The highest BCUT2D eigenvalue weighted by molar-refractivity contribution is 7.09. The molecular weight excluding hydrogens is 246 g/mol. The van der Waals surface area contributed by atoms with E-state index in [0.29, 0.717) is 6.42 Å². The molecule has 0 saturated heterocycles. The van der Waals surface area contributed by atoms with Crippen molar-refractivity contribution in [2.45, 2.75) is 39.7 Å². The number of nitrogens with zero attached hydrogens (tertiary/aromatic N) is 3. The van der Waals surface area contributed by atoms with Crippen LogP contribution in [-0.4, -0.2) is 20.3 Å². The molecule has 0 saturated carbocycles. The van der Waals surface area contributed by atoms with Crippen molar-refractivity contribution in [1.29, 1.82) is 0 Å². The van der Waals surface area contributed by atoms with Gasteiger partial charge < -0.3 is 5.11 Å². The van der Waals surface area contributed by atoms with E-state index in [1.807, 2.05) is 32.2 Å². The molecule has 0 aliphatic heterocycles. The molecule has 4 nitrogen and oxygen atoms in total. The van der Waals surface area contributed by atoms with Gasteiger partial charge in [0.1, 0.15) is 0 Å². The third-order valence-electron chi connectivity index (χ3n) is 2.75. The maximum Gasteiger partial charge on any atom is 0.0957 e. The summed E-state index contributed by atoms with van der Waals surface area (Å²) < 4.78 is 0. The van der Waals surface area contributed by atoms with Crippen LogP contribution < -0.4 is 0 Å². The van der Waals surface area contributed by atoms with Crippen molar-refractivity contribution in [3.05, 3.63) is 39.1 Å². The van der Waals surface area contributed by atoms with Crippen LogP contribution in [0.4, 0.5) is 0 Å². The lowest BCUT2D eigenvalue weighted by Crippen LogP contribution is -2.08. The lowest BCUT2D eigenvalue weighted by atomic mass is 10.0. The number of aromatic nitrogens is 3. The molecule has 0 aromatic carbocycles. The molecule has 18 heavy (non-hydrogen) atoms. The van der Waals surface area contributed by atoms with Gasteiger partial charge in [-0.1, -0.05) is 6.92 Å². The summed E-state index contributed by atoms with van der Waals surface area (Å²) in [6.45, 7) is 5.86. The highest BCUT2D eigenvalue weighted by Crippen LogP contribution is 2.23. The van der Waals surface area contributed by atoms with Gasteiger partial charge in [0, 0.05) is 23.1 Å². The SMILES string of the molecule is CCc1nnc(C)cc1C(O)Cc1nc(C)cs1. The molecular formula is C13H17N3OS. The molecule has 1 unspecified atom stereocenters. The highest BCUT2D eigenvalue weighted by Gasteiger charge is 2.16. The summed E-state index contributed by atoms with van der Waals surface area (Å²) in [5.41, 5.74) is 3.57. The minimum atomic E-state index is -0.556. The molecule has 1 atom stereocenters. The Balaban J connectivity index is 2.22. The summed E-state index contributed by atoms with van der Waals surface area (Å²) in [5, 5.41) is 21.4. The smallest absolute Gasteiger partial charge is 0.0957 e. The molecule has 1 N–H and O–H groups in total.